The Labute approximate surface area is 234 Å². The van der Waals surface area contributed by atoms with Gasteiger partial charge in [-0.3, -0.25) is 9.36 Å². The summed E-state index contributed by atoms with van der Waals surface area (Å²) in [6.45, 7) is 10.4. The van der Waals surface area contributed by atoms with Gasteiger partial charge in [0.25, 0.3) is 5.56 Å². The summed E-state index contributed by atoms with van der Waals surface area (Å²) in [6, 6.07) is 4.01. The molecule has 11 nitrogen and oxygen atoms in total. The first-order valence-corrected chi connectivity index (χ1v) is 14.0. The Morgan fingerprint density at radius 3 is 2.42 bits per heavy atom. The number of rotatable bonds is 6. The number of aryl methyl sites for hydroxylation is 1. The number of carbonyl (C=O) groups is 1. The van der Waals surface area contributed by atoms with Gasteiger partial charge >= 0.3 is 6.09 Å². The topological polar surface area (TPSA) is 115 Å². The van der Waals surface area contributed by atoms with Crippen molar-refractivity contribution in [3.05, 3.63) is 46.0 Å². The van der Waals surface area contributed by atoms with Crippen LogP contribution in [0.4, 0.5) is 22.2 Å². The molecule has 0 atom stereocenters. The highest BCUT2D eigenvalue weighted by Crippen LogP contribution is 2.32. The first kappa shape index (κ1) is 27.8. The zero-order valence-corrected chi connectivity index (χ0v) is 24.1. The van der Waals surface area contributed by atoms with Crippen molar-refractivity contribution in [1.29, 1.82) is 0 Å². The van der Waals surface area contributed by atoms with Gasteiger partial charge in [-0.05, 0) is 58.2 Å². The Morgan fingerprint density at radius 1 is 1.07 bits per heavy atom. The highest BCUT2D eigenvalue weighted by molar-refractivity contribution is 5.80. The van der Waals surface area contributed by atoms with Crippen LogP contribution in [-0.4, -0.2) is 69.4 Å². The summed E-state index contributed by atoms with van der Waals surface area (Å²) in [6.07, 6.45) is 7.45. The molecule has 0 aromatic carbocycles. The van der Waals surface area contributed by atoms with Crippen LogP contribution >= 0.6 is 0 Å². The number of carbonyl (C=O) groups excluding carboxylic acids is 1. The molecule has 1 aliphatic heterocycles. The molecule has 1 saturated heterocycles. The van der Waals surface area contributed by atoms with E-state index >= 15 is 0 Å². The minimum Gasteiger partial charge on any atom is -0.444 e. The minimum absolute atomic E-state index is 0.0300. The van der Waals surface area contributed by atoms with Gasteiger partial charge in [-0.2, -0.15) is 4.98 Å². The maximum absolute atomic E-state index is 13.5. The molecule has 5 rings (SSSR count). The van der Waals surface area contributed by atoms with Gasteiger partial charge in [0.05, 0.1) is 18.5 Å². The molecular formula is C29H39N7O4. The number of anilines is 3. The summed E-state index contributed by atoms with van der Waals surface area (Å²) in [4.78, 5) is 43.7. The van der Waals surface area contributed by atoms with E-state index in [1.165, 1.54) is 0 Å². The van der Waals surface area contributed by atoms with Crippen molar-refractivity contribution in [3.8, 4) is 0 Å². The number of hydrogen-bond acceptors (Lipinski definition) is 9. The van der Waals surface area contributed by atoms with E-state index in [1.54, 1.807) is 18.2 Å². The zero-order valence-electron chi connectivity index (χ0n) is 24.1. The second-order valence-corrected chi connectivity index (χ2v) is 11.6. The standard InChI is InChI=1S/C29H39N7O4/c1-19-22-17-31-27(33-25(22)36(20-8-6-7-9-20)26(37)23(19)18-39-5)32-24-11-10-21(16-30-24)34-12-14-35(15-13-34)28(38)40-29(2,3)4/h10-11,16-17,20H,6-9,12-15,18H2,1-5H3,(H,30,31,32,33). The number of nitrogens with one attached hydrogen (secondary N) is 1. The summed E-state index contributed by atoms with van der Waals surface area (Å²) >= 11 is 0. The third kappa shape index (κ3) is 5.89. The lowest BCUT2D eigenvalue weighted by Crippen LogP contribution is -2.50. The van der Waals surface area contributed by atoms with Crippen molar-refractivity contribution in [2.45, 2.75) is 71.6 Å². The van der Waals surface area contributed by atoms with Crippen molar-refractivity contribution in [1.82, 2.24) is 24.4 Å². The van der Waals surface area contributed by atoms with E-state index in [-0.39, 0.29) is 24.3 Å². The molecule has 40 heavy (non-hydrogen) atoms. The lowest BCUT2D eigenvalue weighted by molar-refractivity contribution is 0.0240. The molecule has 1 aliphatic carbocycles. The van der Waals surface area contributed by atoms with Crippen LogP contribution in [0.3, 0.4) is 0 Å². The number of fused-ring (bicyclic) bond motifs is 1. The van der Waals surface area contributed by atoms with Gasteiger partial charge in [-0.15, -0.1) is 0 Å². The first-order valence-electron chi connectivity index (χ1n) is 14.0. The Bertz CT molecular complexity index is 1420. The first-order chi connectivity index (χ1) is 19.1. The number of amides is 1. The summed E-state index contributed by atoms with van der Waals surface area (Å²) in [5.41, 5.74) is 2.61. The summed E-state index contributed by atoms with van der Waals surface area (Å²) in [7, 11) is 1.61. The van der Waals surface area contributed by atoms with Gasteiger partial charge in [0, 0.05) is 56.5 Å². The van der Waals surface area contributed by atoms with Gasteiger partial charge < -0.3 is 24.6 Å². The van der Waals surface area contributed by atoms with Crippen LogP contribution < -0.4 is 15.8 Å². The fraction of sp³-hybridized carbons (Fsp3) is 0.552. The van der Waals surface area contributed by atoms with Gasteiger partial charge in [0.1, 0.15) is 17.1 Å². The number of piperazine rings is 1. The summed E-state index contributed by atoms with van der Waals surface area (Å²) in [5.74, 6) is 1.00. The molecular weight excluding hydrogens is 510 g/mol. The molecule has 3 aromatic heterocycles. The highest BCUT2D eigenvalue weighted by atomic mass is 16.6. The van der Waals surface area contributed by atoms with Gasteiger partial charge in [0.15, 0.2) is 0 Å². The Balaban J connectivity index is 1.32. The van der Waals surface area contributed by atoms with Crippen LogP contribution in [-0.2, 0) is 16.1 Å². The minimum atomic E-state index is -0.504. The van der Waals surface area contributed by atoms with Crippen molar-refractivity contribution in [3.63, 3.8) is 0 Å². The molecule has 3 aromatic rings. The van der Waals surface area contributed by atoms with E-state index < -0.39 is 5.60 Å². The van der Waals surface area contributed by atoms with Gasteiger partial charge in [-0.1, -0.05) is 12.8 Å². The molecule has 0 unspecified atom stereocenters. The van der Waals surface area contributed by atoms with Crippen LogP contribution in [0.2, 0.25) is 0 Å². The molecule has 0 bridgehead atoms. The fourth-order valence-corrected chi connectivity index (χ4v) is 5.50. The second kappa shape index (κ2) is 11.4. The van der Waals surface area contributed by atoms with E-state index in [0.717, 1.165) is 42.3 Å². The normalized spacial score (nSPS) is 16.5. The lowest BCUT2D eigenvalue weighted by atomic mass is 10.1. The van der Waals surface area contributed by atoms with Gasteiger partial charge in [0.2, 0.25) is 5.95 Å². The SMILES string of the molecule is COCc1c(C)c2cnc(Nc3ccc(N4CCN(C(=O)OC(C)(C)C)CC4)cn3)nc2n(C2CCCC2)c1=O. The molecule has 11 heteroatoms. The number of nitrogens with zero attached hydrogens (tertiary/aromatic N) is 6. The van der Waals surface area contributed by atoms with Crippen LogP contribution in [0, 0.1) is 6.92 Å². The number of aromatic nitrogens is 4. The predicted octanol–water partition coefficient (Wildman–Crippen LogP) is 4.56. The van der Waals surface area contributed by atoms with Gasteiger partial charge in [-0.25, -0.2) is 14.8 Å². The van der Waals surface area contributed by atoms with E-state index in [1.807, 2.05) is 50.6 Å². The Hall–Kier alpha value is -3.73. The monoisotopic (exact) mass is 549 g/mol. The average molecular weight is 550 g/mol. The van der Waals surface area contributed by atoms with Crippen LogP contribution in [0.25, 0.3) is 11.0 Å². The third-order valence-corrected chi connectivity index (χ3v) is 7.59. The number of hydrogen-bond donors (Lipinski definition) is 1. The predicted molar refractivity (Wildman–Crippen MR) is 154 cm³/mol. The maximum Gasteiger partial charge on any atom is 0.410 e. The van der Waals surface area contributed by atoms with Crippen molar-refractivity contribution in [2.75, 3.05) is 43.5 Å². The second-order valence-electron chi connectivity index (χ2n) is 11.6. The van der Waals surface area contributed by atoms with Crippen LogP contribution in [0.5, 0.6) is 0 Å². The summed E-state index contributed by atoms with van der Waals surface area (Å²) in [5, 5.41) is 4.06. The molecule has 2 fully saturated rings. The number of methoxy groups -OCH3 is 1. The van der Waals surface area contributed by atoms with E-state index in [4.69, 9.17) is 14.5 Å². The maximum atomic E-state index is 13.5. The van der Waals surface area contributed by atoms with E-state index in [2.05, 4.69) is 20.2 Å². The average Bonchev–Trinajstić information content (AvgIpc) is 3.45. The van der Waals surface area contributed by atoms with Crippen molar-refractivity contribution < 1.29 is 14.3 Å². The van der Waals surface area contributed by atoms with E-state index in [9.17, 15) is 9.59 Å². The quantitative estimate of drug-likeness (QED) is 0.473. The smallest absolute Gasteiger partial charge is 0.410 e. The Kier molecular flexibility index (Phi) is 7.93. The third-order valence-electron chi connectivity index (χ3n) is 7.59. The lowest BCUT2D eigenvalue weighted by Gasteiger charge is -2.36. The number of ether oxygens (including phenoxy) is 2. The van der Waals surface area contributed by atoms with Crippen LogP contribution in [0.15, 0.2) is 29.3 Å². The summed E-state index contributed by atoms with van der Waals surface area (Å²) < 4.78 is 12.7. The molecule has 1 N–H and O–H groups in total. The zero-order chi connectivity index (χ0) is 28.4. The largest absolute Gasteiger partial charge is 0.444 e. The van der Waals surface area contributed by atoms with Crippen molar-refractivity contribution >= 4 is 34.6 Å². The molecule has 214 valence electrons. The fourth-order valence-electron chi connectivity index (χ4n) is 5.50. The number of pyridine rings is 2. The molecule has 0 radical (unpaired) electrons. The Morgan fingerprint density at radius 2 is 1.80 bits per heavy atom. The molecule has 2 aliphatic rings. The molecule has 1 saturated carbocycles. The molecule has 4 heterocycles. The molecule has 1 amide bonds. The molecule has 0 spiro atoms. The highest BCUT2D eigenvalue weighted by Gasteiger charge is 2.27. The van der Waals surface area contributed by atoms with E-state index in [0.29, 0.717) is 49.2 Å². The van der Waals surface area contributed by atoms with Crippen molar-refractivity contribution in [2.24, 2.45) is 0 Å². The van der Waals surface area contributed by atoms with Crippen LogP contribution in [0.1, 0.15) is 63.6 Å².